The van der Waals surface area contributed by atoms with Crippen LogP contribution in [0, 0.1) is 23.4 Å². The van der Waals surface area contributed by atoms with Crippen molar-refractivity contribution in [2.75, 3.05) is 6.61 Å². The SMILES string of the molecule is C[C@H]1C[C@@H](c2ccncc2CC(=O)c2ccc(F)c(-c3c(F)cc(CCO)cc3F)n2)C[C@@H](N)[C@@H]1O. The predicted molar refractivity (Wildman–Crippen MR) is 128 cm³/mol. The second kappa shape index (κ2) is 10.9. The summed E-state index contributed by atoms with van der Waals surface area (Å²) in [6, 6.07) is 5.61. The van der Waals surface area contributed by atoms with Crippen molar-refractivity contribution < 1.29 is 28.2 Å². The zero-order chi connectivity index (χ0) is 26.0. The number of hydrogen-bond acceptors (Lipinski definition) is 6. The molecule has 0 bridgehead atoms. The smallest absolute Gasteiger partial charge is 0.185 e. The maximum atomic E-state index is 14.7. The van der Waals surface area contributed by atoms with E-state index in [4.69, 9.17) is 10.8 Å². The van der Waals surface area contributed by atoms with Gasteiger partial charge < -0.3 is 15.9 Å². The van der Waals surface area contributed by atoms with E-state index in [1.54, 1.807) is 12.4 Å². The van der Waals surface area contributed by atoms with Gasteiger partial charge in [0.05, 0.1) is 11.7 Å². The van der Waals surface area contributed by atoms with E-state index in [-0.39, 0.29) is 48.6 Å². The van der Waals surface area contributed by atoms with Crippen LogP contribution in [0.3, 0.4) is 0 Å². The van der Waals surface area contributed by atoms with Crippen LogP contribution in [-0.2, 0) is 12.8 Å². The second-order valence-electron chi connectivity index (χ2n) is 9.41. The van der Waals surface area contributed by atoms with Gasteiger partial charge in [0.1, 0.15) is 28.8 Å². The van der Waals surface area contributed by atoms with E-state index in [0.717, 1.165) is 23.8 Å². The summed E-state index contributed by atoms with van der Waals surface area (Å²) in [5.41, 5.74) is 6.49. The van der Waals surface area contributed by atoms with E-state index in [2.05, 4.69) is 9.97 Å². The number of aromatic nitrogens is 2. The van der Waals surface area contributed by atoms with Gasteiger partial charge in [-0.1, -0.05) is 6.92 Å². The Balaban J connectivity index is 1.63. The molecule has 1 aromatic carbocycles. The van der Waals surface area contributed by atoms with E-state index >= 15 is 0 Å². The quantitative estimate of drug-likeness (QED) is 0.428. The molecular formula is C27H28F3N3O3. The number of Topliss-reactive ketones (excluding diaryl/α,β-unsaturated/α-hetero) is 1. The Morgan fingerprint density at radius 1 is 1.11 bits per heavy atom. The lowest BCUT2D eigenvalue weighted by Crippen LogP contribution is -2.44. The highest BCUT2D eigenvalue weighted by molar-refractivity contribution is 5.96. The Morgan fingerprint density at radius 3 is 2.50 bits per heavy atom. The van der Waals surface area contributed by atoms with Gasteiger partial charge in [-0.05, 0) is 78.1 Å². The molecule has 0 saturated heterocycles. The third kappa shape index (κ3) is 5.33. The number of hydrogen-bond donors (Lipinski definition) is 3. The number of aliphatic hydroxyl groups excluding tert-OH is 2. The van der Waals surface area contributed by atoms with E-state index in [1.165, 1.54) is 6.07 Å². The molecule has 0 unspecified atom stereocenters. The van der Waals surface area contributed by atoms with Crippen LogP contribution in [-0.4, -0.2) is 44.7 Å². The number of benzene rings is 1. The topological polar surface area (TPSA) is 109 Å². The molecular weight excluding hydrogens is 471 g/mol. The van der Waals surface area contributed by atoms with Gasteiger partial charge in [-0.25, -0.2) is 18.2 Å². The molecule has 36 heavy (non-hydrogen) atoms. The number of carbonyl (C=O) groups is 1. The summed E-state index contributed by atoms with van der Waals surface area (Å²) in [6.07, 6.45) is 3.82. The van der Waals surface area contributed by atoms with Crippen molar-refractivity contribution in [1.29, 1.82) is 0 Å². The minimum Gasteiger partial charge on any atom is -0.396 e. The van der Waals surface area contributed by atoms with Crippen LogP contribution in [0.25, 0.3) is 11.3 Å². The number of pyridine rings is 2. The number of nitrogens with two attached hydrogens (primary N) is 1. The minimum absolute atomic E-state index is 0.00894. The number of rotatable bonds is 7. The highest BCUT2D eigenvalue weighted by Gasteiger charge is 2.34. The summed E-state index contributed by atoms with van der Waals surface area (Å²) in [4.78, 5) is 21.3. The molecule has 4 rings (SSSR count). The van der Waals surface area contributed by atoms with E-state index < -0.39 is 40.6 Å². The second-order valence-corrected chi connectivity index (χ2v) is 9.41. The summed E-state index contributed by atoms with van der Waals surface area (Å²) in [5.74, 6) is -3.48. The first kappa shape index (κ1) is 25.9. The first-order valence-corrected chi connectivity index (χ1v) is 11.8. The standard InChI is InChI=1S/C27H28F3N3O3/c1-14-8-16(11-22(31)27(14)36)18-4-6-32-13-17(18)12-24(35)23-3-2-19(28)26(33-23)25-20(29)9-15(5-7-34)10-21(25)30/h2-4,6,9-10,13-14,16,22,27,34,36H,5,7-8,11-12,31H2,1H3/t14-,16+,22+,27+/m0/s1. The van der Waals surface area contributed by atoms with Crippen LogP contribution in [0.4, 0.5) is 13.2 Å². The van der Waals surface area contributed by atoms with E-state index in [0.29, 0.717) is 18.4 Å². The largest absolute Gasteiger partial charge is 0.396 e. The summed E-state index contributed by atoms with van der Waals surface area (Å²) < 4.78 is 43.9. The Labute approximate surface area is 207 Å². The normalized spacial score (nSPS) is 22.0. The van der Waals surface area contributed by atoms with Gasteiger partial charge in [0, 0.05) is 31.5 Å². The van der Waals surface area contributed by atoms with Crippen LogP contribution in [0.2, 0.25) is 0 Å². The monoisotopic (exact) mass is 499 g/mol. The number of carbonyl (C=O) groups excluding carboxylic acids is 1. The maximum absolute atomic E-state index is 14.7. The molecule has 1 aliphatic carbocycles. The van der Waals surface area contributed by atoms with Gasteiger partial charge in [-0.3, -0.25) is 9.78 Å². The molecule has 9 heteroatoms. The Hall–Kier alpha value is -3.14. The molecule has 1 saturated carbocycles. The molecule has 2 aromatic heterocycles. The molecule has 1 fully saturated rings. The zero-order valence-electron chi connectivity index (χ0n) is 19.8. The molecule has 0 aliphatic heterocycles. The van der Waals surface area contributed by atoms with Crippen molar-refractivity contribution in [3.05, 3.63) is 82.6 Å². The molecule has 0 amide bonds. The van der Waals surface area contributed by atoms with Gasteiger partial charge in [0.15, 0.2) is 5.78 Å². The van der Waals surface area contributed by atoms with Crippen molar-refractivity contribution in [1.82, 2.24) is 9.97 Å². The fourth-order valence-electron chi connectivity index (χ4n) is 4.97. The maximum Gasteiger partial charge on any atom is 0.185 e. The van der Waals surface area contributed by atoms with Crippen LogP contribution >= 0.6 is 0 Å². The van der Waals surface area contributed by atoms with Gasteiger partial charge in [0.25, 0.3) is 0 Å². The molecule has 0 radical (unpaired) electrons. The lowest BCUT2D eigenvalue weighted by Gasteiger charge is -2.36. The van der Waals surface area contributed by atoms with Crippen molar-refractivity contribution in [2.24, 2.45) is 11.7 Å². The zero-order valence-corrected chi connectivity index (χ0v) is 19.8. The van der Waals surface area contributed by atoms with Crippen molar-refractivity contribution >= 4 is 5.78 Å². The lowest BCUT2D eigenvalue weighted by atomic mass is 9.74. The first-order valence-electron chi connectivity index (χ1n) is 11.8. The minimum atomic E-state index is -1.03. The lowest BCUT2D eigenvalue weighted by molar-refractivity contribution is 0.0519. The van der Waals surface area contributed by atoms with E-state index in [9.17, 15) is 23.1 Å². The van der Waals surface area contributed by atoms with Gasteiger partial charge >= 0.3 is 0 Å². The highest BCUT2D eigenvalue weighted by atomic mass is 19.1. The number of aliphatic hydroxyl groups is 2. The highest BCUT2D eigenvalue weighted by Crippen LogP contribution is 2.37. The molecule has 3 aromatic rings. The Kier molecular flexibility index (Phi) is 7.82. The average molecular weight is 500 g/mol. The molecule has 0 spiro atoms. The van der Waals surface area contributed by atoms with Crippen LogP contribution in [0.5, 0.6) is 0 Å². The molecule has 4 atom stereocenters. The Morgan fingerprint density at radius 2 is 1.83 bits per heavy atom. The third-order valence-electron chi connectivity index (χ3n) is 6.84. The molecule has 1 aliphatic rings. The fourth-order valence-corrected chi connectivity index (χ4v) is 4.97. The van der Waals surface area contributed by atoms with Crippen molar-refractivity contribution in [2.45, 2.75) is 50.7 Å². The molecule has 4 N–H and O–H groups in total. The van der Waals surface area contributed by atoms with Crippen molar-refractivity contribution in [3.8, 4) is 11.3 Å². The van der Waals surface area contributed by atoms with Crippen LogP contribution < -0.4 is 5.73 Å². The summed E-state index contributed by atoms with van der Waals surface area (Å²) >= 11 is 0. The average Bonchev–Trinajstić information content (AvgIpc) is 2.83. The molecule has 190 valence electrons. The van der Waals surface area contributed by atoms with Gasteiger partial charge in [-0.2, -0.15) is 0 Å². The number of halogens is 3. The van der Waals surface area contributed by atoms with E-state index in [1.807, 2.05) is 13.0 Å². The van der Waals surface area contributed by atoms with Gasteiger partial charge in [-0.15, -0.1) is 0 Å². The fraction of sp³-hybridized carbons (Fsp3) is 0.370. The predicted octanol–water partition coefficient (Wildman–Crippen LogP) is 3.72. The van der Waals surface area contributed by atoms with Crippen molar-refractivity contribution in [3.63, 3.8) is 0 Å². The van der Waals surface area contributed by atoms with Crippen LogP contribution in [0.1, 0.15) is 52.9 Å². The van der Waals surface area contributed by atoms with Crippen LogP contribution in [0.15, 0.2) is 42.7 Å². The summed E-state index contributed by atoms with van der Waals surface area (Å²) in [6.45, 7) is 1.64. The number of nitrogens with zero attached hydrogens (tertiary/aromatic N) is 2. The first-order chi connectivity index (χ1) is 17.2. The summed E-state index contributed by atoms with van der Waals surface area (Å²) in [7, 11) is 0. The Bertz CT molecular complexity index is 1240. The summed E-state index contributed by atoms with van der Waals surface area (Å²) in [5, 5.41) is 19.2. The van der Waals surface area contributed by atoms with Gasteiger partial charge in [0.2, 0.25) is 0 Å². The number of ketones is 1. The molecule has 2 heterocycles. The third-order valence-corrected chi connectivity index (χ3v) is 6.84. The molecule has 6 nitrogen and oxygen atoms in total.